The third-order valence-corrected chi connectivity index (χ3v) is 5.51. The molecule has 4 heterocycles. The van der Waals surface area contributed by atoms with Crippen molar-refractivity contribution in [1.29, 1.82) is 0 Å². The van der Waals surface area contributed by atoms with Crippen molar-refractivity contribution in [2.45, 2.75) is 39.2 Å². The van der Waals surface area contributed by atoms with E-state index in [4.69, 9.17) is 4.74 Å². The molecule has 4 rings (SSSR count). The van der Waals surface area contributed by atoms with Crippen LogP contribution in [0.4, 0.5) is 5.95 Å². The number of aryl methyl sites for hydroxylation is 2. The maximum Gasteiger partial charge on any atom is 0.225 e. The summed E-state index contributed by atoms with van der Waals surface area (Å²) in [5.74, 6) is 3.31. The van der Waals surface area contributed by atoms with Crippen LogP contribution in [0.3, 0.4) is 0 Å². The van der Waals surface area contributed by atoms with Crippen LogP contribution in [-0.2, 0) is 18.3 Å². The monoisotopic (exact) mass is 371 g/mol. The van der Waals surface area contributed by atoms with Crippen molar-refractivity contribution >= 4 is 5.95 Å². The van der Waals surface area contributed by atoms with Crippen LogP contribution in [0.1, 0.15) is 41.8 Å². The summed E-state index contributed by atoms with van der Waals surface area (Å²) in [4.78, 5) is 14.0. The number of piperidine rings is 1. The third kappa shape index (κ3) is 4.11. The quantitative estimate of drug-likeness (QED) is 0.805. The molecule has 0 aromatic carbocycles. The van der Waals surface area contributed by atoms with E-state index in [2.05, 4.69) is 41.6 Å². The Balaban J connectivity index is 1.48. The molecule has 2 saturated heterocycles. The minimum atomic E-state index is 0.360. The first-order chi connectivity index (χ1) is 13.1. The molecule has 27 heavy (non-hydrogen) atoms. The molecule has 0 spiro atoms. The van der Waals surface area contributed by atoms with Crippen molar-refractivity contribution in [3.63, 3.8) is 0 Å². The highest BCUT2D eigenvalue weighted by Crippen LogP contribution is 2.28. The molecule has 0 radical (unpaired) electrons. The Bertz CT molecular complexity index is 764. The molecule has 1 atom stereocenters. The van der Waals surface area contributed by atoms with Gasteiger partial charge in [-0.05, 0) is 32.8 Å². The number of morpholine rings is 1. The van der Waals surface area contributed by atoms with Crippen LogP contribution in [0.5, 0.6) is 0 Å². The van der Waals surface area contributed by atoms with E-state index in [1.165, 1.54) is 0 Å². The van der Waals surface area contributed by atoms with Crippen molar-refractivity contribution in [3.8, 4) is 0 Å². The average Bonchev–Trinajstić information content (AvgIpc) is 3.02. The van der Waals surface area contributed by atoms with E-state index in [9.17, 15) is 0 Å². The summed E-state index contributed by atoms with van der Waals surface area (Å²) < 4.78 is 7.62. The number of anilines is 1. The van der Waals surface area contributed by atoms with Gasteiger partial charge in [0, 0.05) is 50.5 Å². The van der Waals surface area contributed by atoms with Gasteiger partial charge in [-0.2, -0.15) is 0 Å². The summed E-state index contributed by atoms with van der Waals surface area (Å²) >= 11 is 0. The first-order valence-corrected chi connectivity index (χ1v) is 9.85. The highest BCUT2D eigenvalue weighted by atomic mass is 16.5. The predicted octanol–water partition coefficient (Wildman–Crippen LogP) is 1.44. The Kier molecular flexibility index (Phi) is 5.36. The molecule has 0 bridgehead atoms. The summed E-state index contributed by atoms with van der Waals surface area (Å²) in [7, 11) is 2.09. The van der Waals surface area contributed by atoms with E-state index in [1.54, 1.807) is 0 Å². The Labute approximate surface area is 160 Å². The van der Waals surface area contributed by atoms with Crippen molar-refractivity contribution < 1.29 is 4.74 Å². The Morgan fingerprint density at radius 1 is 1.07 bits per heavy atom. The minimum absolute atomic E-state index is 0.360. The zero-order valence-corrected chi connectivity index (χ0v) is 16.6. The number of ether oxygens (including phenoxy) is 1. The molecule has 2 aliphatic rings. The minimum Gasteiger partial charge on any atom is -0.379 e. The number of rotatable bonds is 4. The van der Waals surface area contributed by atoms with Crippen LogP contribution in [-0.4, -0.2) is 69.0 Å². The first-order valence-electron chi connectivity index (χ1n) is 9.85. The summed E-state index contributed by atoms with van der Waals surface area (Å²) in [6, 6.07) is 2.02. The van der Waals surface area contributed by atoms with Gasteiger partial charge in [0.15, 0.2) is 0 Å². The summed E-state index contributed by atoms with van der Waals surface area (Å²) in [5.41, 5.74) is 2.04. The van der Waals surface area contributed by atoms with Crippen LogP contribution in [0, 0.1) is 13.8 Å². The lowest BCUT2D eigenvalue weighted by molar-refractivity contribution is 0.0326. The number of nitrogens with zero attached hydrogens (tertiary/aromatic N) is 7. The van der Waals surface area contributed by atoms with Crippen molar-refractivity contribution in [3.05, 3.63) is 29.1 Å². The van der Waals surface area contributed by atoms with Gasteiger partial charge in [-0.15, -0.1) is 10.2 Å². The SMILES string of the molecule is Cc1cc(C)nc(N2CCCC(c3nnc(CN4CCOCC4)n3C)C2)n1. The van der Waals surface area contributed by atoms with E-state index in [0.29, 0.717) is 5.92 Å². The highest BCUT2D eigenvalue weighted by molar-refractivity contribution is 5.34. The average molecular weight is 371 g/mol. The molecule has 2 aromatic rings. The fourth-order valence-corrected chi connectivity index (χ4v) is 4.05. The van der Waals surface area contributed by atoms with Crippen molar-refractivity contribution in [1.82, 2.24) is 29.6 Å². The van der Waals surface area contributed by atoms with Crippen LogP contribution in [0.25, 0.3) is 0 Å². The maximum atomic E-state index is 5.44. The second kappa shape index (κ2) is 7.90. The molecular weight excluding hydrogens is 342 g/mol. The molecule has 2 fully saturated rings. The van der Waals surface area contributed by atoms with Crippen molar-refractivity contribution in [2.75, 3.05) is 44.3 Å². The lowest BCUT2D eigenvalue weighted by Gasteiger charge is -2.32. The Morgan fingerprint density at radius 2 is 1.81 bits per heavy atom. The summed E-state index contributed by atoms with van der Waals surface area (Å²) in [5, 5.41) is 9.05. The standard InChI is InChI=1S/C19H29N7O/c1-14-11-15(2)21-19(20-14)26-6-4-5-16(12-26)18-23-22-17(24(18)3)13-25-7-9-27-10-8-25/h11,16H,4-10,12-13H2,1-3H3. The molecule has 2 aromatic heterocycles. The van der Waals surface area contributed by atoms with Gasteiger partial charge in [-0.25, -0.2) is 9.97 Å². The van der Waals surface area contributed by atoms with Gasteiger partial charge in [0.1, 0.15) is 11.6 Å². The van der Waals surface area contributed by atoms with Gasteiger partial charge in [-0.3, -0.25) is 4.90 Å². The smallest absolute Gasteiger partial charge is 0.225 e. The molecule has 8 heteroatoms. The molecule has 0 amide bonds. The number of hydrogen-bond acceptors (Lipinski definition) is 7. The Morgan fingerprint density at radius 3 is 2.56 bits per heavy atom. The largest absolute Gasteiger partial charge is 0.379 e. The molecule has 0 aliphatic carbocycles. The van der Waals surface area contributed by atoms with Gasteiger partial charge >= 0.3 is 0 Å². The first kappa shape index (κ1) is 18.3. The second-order valence-electron chi connectivity index (χ2n) is 7.66. The van der Waals surface area contributed by atoms with Gasteiger partial charge in [0.2, 0.25) is 5.95 Å². The summed E-state index contributed by atoms with van der Waals surface area (Å²) in [6.07, 6.45) is 2.25. The van der Waals surface area contributed by atoms with Crippen molar-refractivity contribution in [2.24, 2.45) is 7.05 Å². The van der Waals surface area contributed by atoms with Crippen LogP contribution in [0.2, 0.25) is 0 Å². The van der Waals surface area contributed by atoms with Gasteiger partial charge in [0.05, 0.1) is 19.8 Å². The highest BCUT2D eigenvalue weighted by Gasteiger charge is 2.28. The molecule has 146 valence electrons. The normalized spacial score (nSPS) is 21.6. The molecular formula is C19H29N7O. The molecule has 0 N–H and O–H groups in total. The van der Waals surface area contributed by atoms with E-state index in [0.717, 1.165) is 87.8 Å². The number of hydrogen-bond donors (Lipinski definition) is 0. The van der Waals surface area contributed by atoms with Gasteiger partial charge < -0.3 is 14.2 Å². The van der Waals surface area contributed by atoms with E-state index in [-0.39, 0.29) is 0 Å². The second-order valence-corrected chi connectivity index (χ2v) is 7.66. The van der Waals surface area contributed by atoms with Crippen LogP contribution in [0.15, 0.2) is 6.07 Å². The summed E-state index contributed by atoms with van der Waals surface area (Å²) in [6.45, 7) is 10.3. The maximum absolute atomic E-state index is 5.44. The van der Waals surface area contributed by atoms with Gasteiger partial charge in [0.25, 0.3) is 0 Å². The fourth-order valence-electron chi connectivity index (χ4n) is 4.05. The fraction of sp³-hybridized carbons (Fsp3) is 0.684. The van der Waals surface area contributed by atoms with E-state index < -0.39 is 0 Å². The Hall–Kier alpha value is -2.06. The topological polar surface area (TPSA) is 72.2 Å². The number of aromatic nitrogens is 5. The third-order valence-electron chi connectivity index (χ3n) is 5.51. The lowest BCUT2D eigenvalue weighted by Crippen LogP contribution is -2.37. The lowest BCUT2D eigenvalue weighted by atomic mass is 9.97. The molecule has 0 saturated carbocycles. The van der Waals surface area contributed by atoms with E-state index >= 15 is 0 Å². The van der Waals surface area contributed by atoms with Crippen LogP contribution < -0.4 is 4.90 Å². The zero-order chi connectivity index (χ0) is 18.8. The predicted molar refractivity (Wildman–Crippen MR) is 103 cm³/mol. The van der Waals surface area contributed by atoms with Gasteiger partial charge in [-0.1, -0.05) is 0 Å². The molecule has 1 unspecified atom stereocenters. The van der Waals surface area contributed by atoms with Crippen LogP contribution >= 0.6 is 0 Å². The van der Waals surface area contributed by atoms with E-state index in [1.807, 2.05) is 19.9 Å². The molecule has 2 aliphatic heterocycles. The molecule has 8 nitrogen and oxygen atoms in total. The zero-order valence-electron chi connectivity index (χ0n) is 16.6.